The summed E-state index contributed by atoms with van der Waals surface area (Å²) in [4.78, 5) is 26.2. The minimum Gasteiger partial charge on any atom is -0.352 e. The number of piperidine rings is 1. The van der Waals surface area contributed by atoms with E-state index >= 15 is 0 Å². The molecule has 1 fully saturated rings. The van der Waals surface area contributed by atoms with Gasteiger partial charge in [0.25, 0.3) is 5.91 Å². The molecule has 2 N–H and O–H groups in total. The smallest absolute Gasteiger partial charge is 0.256 e. The molecule has 0 spiro atoms. The lowest BCUT2D eigenvalue weighted by molar-refractivity contribution is -0.126. The van der Waals surface area contributed by atoms with Crippen LogP contribution in [0.5, 0.6) is 0 Å². The monoisotopic (exact) mass is 399 g/mol. The van der Waals surface area contributed by atoms with Gasteiger partial charge in [-0.05, 0) is 37.9 Å². The van der Waals surface area contributed by atoms with Crippen molar-refractivity contribution in [3.63, 3.8) is 0 Å². The van der Waals surface area contributed by atoms with Crippen LogP contribution in [-0.2, 0) is 4.79 Å². The summed E-state index contributed by atoms with van der Waals surface area (Å²) >= 11 is 0. The molecule has 1 saturated heterocycles. The maximum Gasteiger partial charge on any atom is 0.256 e. The summed E-state index contributed by atoms with van der Waals surface area (Å²) in [6.07, 6.45) is 4.13. The molecule has 0 unspecified atom stereocenters. The molecule has 2 aliphatic rings. The van der Waals surface area contributed by atoms with E-state index in [4.69, 9.17) is 0 Å². The number of nitrogens with one attached hydrogen (secondary N) is 2. The second-order valence-electron chi connectivity index (χ2n) is 6.72. The lowest BCUT2D eigenvalue weighted by Crippen LogP contribution is -2.43. The van der Waals surface area contributed by atoms with Crippen LogP contribution in [0.25, 0.3) is 0 Å². The molecule has 2 amide bonds. The third-order valence-electron chi connectivity index (χ3n) is 4.96. The van der Waals surface area contributed by atoms with Crippen molar-refractivity contribution in [1.29, 1.82) is 0 Å². The normalized spacial score (nSPS) is 17.7. The van der Waals surface area contributed by atoms with Crippen LogP contribution >= 0.6 is 12.4 Å². The number of halogens is 3. The maximum atomic E-state index is 13.8. The van der Waals surface area contributed by atoms with Crippen molar-refractivity contribution in [2.45, 2.75) is 19.3 Å². The van der Waals surface area contributed by atoms with Gasteiger partial charge in [0, 0.05) is 38.2 Å². The van der Waals surface area contributed by atoms with Gasteiger partial charge in [0.05, 0.1) is 5.56 Å². The fourth-order valence-corrected chi connectivity index (χ4v) is 3.35. The zero-order chi connectivity index (χ0) is 18.5. The van der Waals surface area contributed by atoms with Crippen molar-refractivity contribution in [2.75, 3.05) is 32.7 Å². The highest BCUT2D eigenvalue weighted by Crippen LogP contribution is 2.21. The molecule has 0 atom stereocenters. The molecule has 3 rings (SSSR count). The highest BCUT2D eigenvalue weighted by atomic mass is 35.5. The van der Waals surface area contributed by atoms with Crippen LogP contribution in [0.15, 0.2) is 29.8 Å². The first-order valence-corrected chi connectivity index (χ1v) is 8.95. The minimum absolute atomic E-state index is 0. The summed E-state index contributed by atoms with van der Waals surface area (Å²) in [5.41, 5.74) is 1.10. The maximum absolute atomic E-state index is 13.8. The fourth-order valence-electron chi connectivity index (χ4n) is 3.35. The van der Waals surface area contributed by atoms with E-state index in [-0.39, 0.29) is 29.8 Å². The van der Waals surface area contributed by atoms with E-state index < -0.39 is 17.5 Å². The number of carbonyl (C=O) groups excluding carboxylic acids is 2. The van der Waals surface area contributed by atoms with Gasteiger partial charge in [-0.1, -0.05) is 11.6 Å². The zero-order valence-electron chi connectivity index (χ0n) is 15.0. The van der Waals surface area contributed by atoms with Crippen LogP contribution < -0.4 is 10.6 Å². The Morgan fingerprint density at radius 1 is 1.22 bits per heavy atom. The Morgan fingerprint density at radius 2 is 1.96 bits per heavy atom. The third-order valence-corrected chi connectivity index (χ3v) is 4.96. The standard InChI is InChI=1S/C19H23F2N3O2.ClH/c20-15-1-2-16(17(21)11-15)19(26)24-9-5-14(6-10-24)18(25)23-12-13-3-7-22-8-4-13;/h1-3,11,14,22H,4-10,12H2,(H,23,25);1H. The molecule has 0 aromatic heterocycles. The summed E-state index contributed by atoms with van der Waals surface area (Å²) in [5, 5.41) is 6.20. The summed E-state index contributed by atoms with van der Waals surface area (Å²) in [7, 11) is 0. The van der Waals surface area contributed by atoms with Crippen molar-refractivity contribution in [1.82, 2.24) is 15.5 Å². The van der Waals surface area contributed by atoms with Gasteiger partial charge in [-0.15, -0.1) is 12.4 Å². The molecule has 0 aliphatic carbocycles. The lowest BCUT2D eigenvalue weighted by atomic mass is 9.95. The van der Waals surface area contributed by atoms with E-state index in [1.165, 1.54) is 16.5 Å². The number of rotatable bonds is 4. The first-order valence-electron chi connectivity index (χ1n) is 8.95. The van der Waals surface area contributed by atoms with E-state index in [0.29, 0.717) is 38.5 Å². The average Bonchev–Trinajstić information content (AvgIpc) is 2.66. The molecular formula is C19H24ClF2N3O2. The van der Waals surface area contributed by atoms with Gasteiger partial charge in [0.15, 0.2) is 0 Å². The highest BCUT2D eigenvalue weighted by molar-refractivity contribution is 5.94. The molecule has 27 heavy (non-hydrogen) atoms. The zero-order valence-corrected chi connectivity index (χ0v) is 15.8. The largest absolute Gasteiger partial charge is 0.352 e. The number of amides is 2. The molecule has 2 heterocycles. The van der Waals surface area contributed by atoms with E-state index in [2.05, 4.69) is 16.7 Å². The van der Waals surface area contributed by atoms with Crippen LogP contribution in [0.2, 0.25) is 0 Å². The lowest BCUT2D eigenvalue weighted by Gasteiger charge is -2.31. The molecular weight excluding hydrogens is 376 g/mol. The Balaban J connectivity index is 0.00000261. The predicted octanol–water partition coefficient (Wildman–Crippen LogP) is 2.27. The number of hydrogen-bond acceptors (Lipinski definition) is 3. The summed E-state index contributed by atoms with van der Waals surface area (Å²) in [5.74, 6) is -2.16. The Bertz CT molecular complexity index is 719. The Hall–Kier alpha value is -1.99. The fraction of sp³-hybridized carbons (Fsp3) is 0.474. The molecule has 1 aromatic carbocycles. The SMILES string of the molecule is Cl.O=C(NCC1=CCNCC1)C1CCN(C(=O)c2ccc(F)cc2F)CC1. The molecule has 0 bridgehead atoms. The average molecular weight is 400 g/mol. The second kappa shape index (κ2) is 9.80. The molecule has 8 heteroatoms. The van der Waals surface area contributed by atoms with Gasteiger partial charge in [0.1, 0.15) is 11.6 Å². The summed E-state index contributed by atoms with van der Waals surface area (Å²) < 4.78 is 26.8. The third kappa shape index (κ3) is 5.49. The van der Waals surface area contributed by atoms with Crippen LogP contribution in [-0.4, -0.2) is 49.4 Å². The van der Waals surface area contributed by atoms with Gasteiger partial charge < -0.3 is 15.5 Å². The van der Waals surface area contributed by atoms with Crippen molar-refractivity contribution < 1.29 is 18.4 Å². The Morgan fingerprint density at radius 3 is 2.59 bits per heavy atom. The highest BCUT2D eigenvalue weighted by Gasteiger charge is 2.28. The first kappa shape index (κ1) is 21.3. The van der Waals surface area contributed by atoms with Crippen molar-refractivity contribution in [2.24, 2.45) is 5.92 Å². The first-order chi connectivity index (χ1) is 12.5. The van der Waals surface area contributed by atoms with E-state index in [9.17, 15) is 18.4 Å². The molecule has 0 radical (unpaired) electrons. The Labute approximate surface area is 163 Å². The van der Waals surface area contributed by atoms with Crippen LogP contribution in [0, 0.1) is 17.6 Å². The minimum atomic E-state index is -0.856. The molecule has 2 aliphatic heterocycles. The van der Waals surface area contributed by atoms with Crippen molar-refractivity contribution >= 4 is 24.2 Å². The van der Waals surface area contributed by atoms with Crippen LogP contribution in [0.4, 0.5) is 8.78 Å². The van der Waals surface area contributed by atoms with E-state index in [1.807, 2.05) is 0 Å². The molecule has 0 saturated carbocycles. The predicted molar refractivity (Wildman–Crippen MR) is 101 cm³/mol. The molecule has 5 nitrogen and oxygen atoms in total. The van der Waals surface area contributed by atoms with Gasteiger partial charge >= 0.3 is 0 Å². The number of nitrogens with zero attached hydrogens (tertiary/aromatic N) is 1. The summed E-state index contributed by atoms with van der Waals surface area (Å²) in [6.45, 7) is 3.12. The van der Waals surface area contributed by atoms with Gasteiger partial charge in [-0.25, -0.2) is 8.78 Å². The van der Waals surface area contributed by atoms with Crippen molar-refractivity contribution in [3.8, 4) is 0 Å². The number of carbonyl (C=O) groups is 2. The topological polar surface area (TPSA) is 61.4 Å². The second-order valence-corrected chi connectivity index (χ2v) is 6.72. The number of likely N-dealkylation sites (tertiary alicyclic amines) is 1. The quantitative estimate of drug-likeness (QED) is 0.763. The number of benzene rings is 1. The van der Waals surface area contributed by atoms with Crippen LogP contribution in [0.1, 0.15) is 29.6 Å². The summed E-state index contributed by atoms with van der Waals surface area (Å²) in [6, 6.07) is 2.95. The van der Waals surface area contributed by atoms with E-state index in [0.717, 1.165) is 25.6 Å². The number of hydrogen-bond donors (Lipinski definition) is 2. The van der Waals surface area contributed by atoms with Crippen molar-refractivity contribution in [3.05, 3.63) is 47.0 Å². The molecule has 148 valence electrons. The van der Waals surface area contributed by atoms with Gasteiger partial charge in [0.2, 0.25) is 5.91 Å². The Kier molecular flexibility index (Phi) is 7.74. The van der Waals surface area contributed by atoms with E-state index in [1.54, 1.807) is 0 Å². The van der Waals surface area contributed by atoms with Crippen LogP contribution in [0.3, 0.4) is 0 Å². The molecule has 1 aromatic rings. The van der Waals surface area contributed by atoms with Gasteiger partial charge in [-0.2, -0.15) is 0 Å². The van der Waals surface area contributed by atoms with Gasteiger partial charge in [-0.3, -0.25) is 9.59 Å².